The molecular weight excluding hydrogens is 255 g/mol. The van der Waals surface area contributed by atoms with Crippen molar-refractivity contribution in [2.45, 2.75) is 19.9 Å². The fourth-order valence-electron chi connectivity index (χ4n) is 2.24. The van der Waals surface area contributed by atoms with Crippen LogP contribution < -0.4 is 10.1 Å². The number of rotatable bonds is 5. The Labute approximate surface area is 118 Å². The van der Waals surface area contributed by atoms with Gasteiger partial charge in [-0.15, -0.1) is 0 Å². The molecule has 0 bridgehead atoms. The molecule has 2 aromatic rings. The van der Waals surface area contributed by atoms with Crippen LogP contribution in [0.25, 0.3) is 0 Å². The summed E-state index contributed by atoms with van der Waals surface area (Å²) >= 11 is 0. The molecule has 0 saturated heterocycles. The van der Waals surface area contributed by atoms with Crippen LogP contribution in [0.1, 0.15) is 29.8 Å². The first-order valence-corrected chi connectivity index (χ1v) is 6.66. The Morgan fingerprint density at radius 3 is 2.80 bits per heavy atom. The highest BCUT2D eigenvalue weighted by atomic mass is 19.1. The molecule has 20 heavy (non-hydrogen) atoms. The molecule has 0 radical (unpaired) electrons. The highest BCUT2D eigenvalue weighted by Gasteiger charge is 2.22. The highest BCUT2D eigenvalue weighted by Crippen LogP contribution is 2.30. The van der Waals surface area contributed by atoms with Crippen LogP contribution >= 0.6 is 0 Å². The molecule has 0 saturated carbocycles. The van der Waals surface area contributed by atoms with Gasteiger partial charge in [-0.1, -0.05) is 25.1 Å². The Hall–Kier alpha value is -1.94. The van der Waals surface area contributed by atoms with E-state index in [1.807, 2.05) is 19.1 Å². The molecule has 1 N–H and O–H groups in total. The van der Waals surface area contributed by atoms with Gasteiger partial charge in [-0.3, -0.25) is 4.98 Å². The van der Waals surface area contributed by atoms with Gasteiger partial charge in [0.15, 0.2) is 0 Å². The molecule has 0 aliphatic heterocycles. The predicted octanol–water partition coefficient (Wildman–Crippen LogP) is 3.24. The van der Waals surface area contributed by atoms with Crippen molar-refractivity contribution in [1.29, 1.82) is 0 Å². The molecule has 3 nitrogen and oxygen atoms in total. The average molecular weight is 274 g/mol. The van der Waals surface area contributed by atoms with Crippen LogP contribution in [0.4, 0.5) is 4.39 Å². The first-order chi connectivity index (χ1) is 9.69. The smallest absolute Gasteiger partial charge is 0.142 e. The summed E-state index contributed by atoms with van der Waals surface area (Å²) in [4.78, 5) is 4.36. The maximum Gasteiger partial charge on any atom is 0.142 e. The van der Waals surface area contributed by atoms with Crippen molar-refractivity contribution in [3.63, 3.8) is 0 Å². The number of aryl methyl sites for hydroxylation is 1. The quantitative estimate of drug-likeness (QED) is 0.909. The second kappa shape index (κ2) is 6.48. The van der Waals surface area contributed by atoms with Gasteiger partial charge in [0, 0.05) is 11.8 Å². The lowest BCUT2D eigenvalue weighted by atomic mass is 9.99. The van der Waals surface area contributed by atoms with Gasteiger partial charge in [0.05, 0.1) is 13.2 Å². The van der Waals surface area contributed by atoms with E-state index in [2.05, 4.69) is 10.3 Å². The zero-order valence-corrected chi connectivity index (χ0v) is 12.0. The molecule has 1 aromatic carbocycles. The Morgan fingerprint density at radius 1 is 1.30 bits per heavy atom. The molecule has 4 heteroatoms. The first kappa shape index (κ1) is 14.5. The van der Waals surface area contributed by atoms with E-state index < -0.39 is 0 Å². The third-order valence-corrected chi connectivity index (χ3v) is 3.23. The van der Waals surface area contributed by atoms with Crippen LogP contribution in [0, 0.1) is 12.7 Å². The summed E-state index contributed by atoms with van der Waals surface area (Å²) in [5.74, 6) is 0.450. The number of nitrogens with zero attached hydrogens (tertiary/aromatic N) is 1. The van der Waals surface area contributed by atoms with Gasteiger partial charge in [0.2, 0.25) is 0 Å². The van der Waals surface area contributed by atoms with Crippen molar-refractivity contribution < 1.29 is 9.13 Å². The van der Waals surface area contributed by atoms with Gasteiger partial charge >= 0.3 is 0 Å². The Kier molecular flexibility index (Phi) is 4.69. The number of methoxy groups -OCH3 is 1. The Morgan fingerprint density at radius 2 is 2.10 bits per heavy atom. The molecule has 0 amide bonds. The third-order valence-electron chi connectivity index (χ3n) is 3.23. The normalized spacial score (nSPS) is 12.2. The molecule has 0 aliphatic carbocycles. The SMILES string of the molecule is CCNC(c1cccc(C)c1F)c1ncccc1OC. The lowest BCUT2D eigenvalue weighted by Crippen LogP contribution is -2.24. The van der Waals surface area contributed by atoms with E-state index in [1.54, 1.807) is 38.4 Å². The van der Waals surface area contributed by atoms with Crippen LogP contribution in [0.2, 0.25) is 0 Å². The molecular formula is C16H19FN2O. The number of nitrogens with one attached hydrogen (secondary N) is 1. The summed E-state index contributed by atoms with van der Waals surface area (Å²) in [5, 5.41) is 3.28. The van der Waals surface area contributed by atoms with Crippen LogP contribution in [-0.4, -0.2) is 18.6 Å². The highest BCUT2D eigenvalue weighted by molar-refractivity contribution is 5.39. The molecule has 2 rings (SSSR count). The van der Waals surface area contributed by atoms with Crippen molar-refractivity contribution in [3.05, 3.63) is 59.2 Å². The summed E-state index contributed by atoms with van der Waals surface area (Å²) in [6, 6.07) is 8.71. The number of benzene rings is 1. The van der Waals surface area contributed by atoms with E-state index in [-0.39, 0.29) is 11.9 Å². The van der Waals surface area contributed by atoms with Crippen LogP contribution in [0.5, 0.6) is 5.75 Å². The van der Waals surface area contributed by atoms with E-state index in [9.17, 15) is 4.39 Å². The minimum Gasteiger partial charge on any atom is -0.495 e. The van der Waals surface area contributed by atoms with Crippen LogP contribution in [0.15, 0.2) is 36.5 Å². The van der Waals surface area contributed by atoms with Gasteiger partial charge in [-0.25, -0.2) is 4.39 Å². The molecule has 0 spiro atoms. The minimum absolute atomic E-state index is 0.203. The summed E-state index contributed by atoms with van der Waals surface area (Å²) in [6.45, 7) is 4.45. The fraction of sp³-hybridized carbons (Fsp3) is 0.312. The Balaban J connectivity index is 2.53. The van der Waals surface area contributed by atoms with Crippen molar-refractivity contribution >= 4 is 0 Å². The number of hydrogen-bond donors (Lipinski definition) is 1. The zero-order chi connectivity index (χ0) is 14.5. The van der Waals surface area contributed by atoms with Crippen molar-refractivity contribution in [2.24, 2.45) is 0 Å². The van der Waals surface area contributed by atoms with Crippen molar-refractivity contribution in [2.75, 3.05) is 13.7 Å². The average Bonchev–Trinajstić information content (AvgIpc) is 2.48. The summed E-state index contributed by atoms with van der Waals surface area (Å²) in [5.41, 5.74) is 1.91. The second-order valence-electron chi connectivity index (χ2n) is 4.56. The van der Waals surface area contributed by atoms with Crippen LogP contribution in [-0.2, 0) is 0 Å². The summed E-state index contributed by atoms with van der Waals surface area (Å²) in [7, 11) is 1.59. The maximum atomic E-state index is 14.4. The predicted molar refractivity (Wildman–Crippen MR) is 77.4 cm³/mol. The summed E-state index contributed by atoms with van der Waals surface area (Å²) < 4.78 is 19.7. The minimum atomic E-state index is -0.323. The van der Waals surface area contributed by atoms with Gasteiger partial charge < -0.3 is 10.1 Å². The molecule has 1 aromatic heterocycles. The monoisotopic (exact) mass is 274 g/mol. The first-order valence-electron chi connectivity index (χ1n) is 6.66. The third kappa shape index (κ3) is 2.80. The lowest BCUT2D eigenvalue weighted by Gasteiger charge is -2.21. The second-order valence-corrected chi connectivity index (χ2v) is 4.56. The van der Waals surface area contributed by atoms with E-state index in [1.165, 1.54) is 0 Å². The number of pyridine rings is 1. The number of ether oxygens (including phenoxy) is 1. The number of hydrogen-bond acceptors (Lipinski definition) is 3. The molecule has 106 valence electrons. The largest absolute Gasteiger partial charge is 0.495 e. The van der Waals surface area contributed by atoms with Crippen molar-refractivity contribution in [1.82, 2.24) is 10.3 Å². The lowest BCUT2D eigenvalue weighted by molar-refractivity contribution is 0.399. The zero-order valence-electron chi connectivity index (χ0n) is 12.0. The van der Waals surface area contributed by atoms with Gasteiger partial charge in [0.25, 0.3) is 0 Å². The topological polar surface area (TPSA) is 34.2 Å². The van der Waals surface area contributed by atoms with E-state index in [0.717, 1.165) is 0 Å². The molecule has 1 unspecified atom stereocenters. The van der Waals surface area contributed by atoms with Crippen molar-refractivity contribution in [3.8, 4) is 5.75 Å². The molecule has 0 fully saturated rings. The van der Waals surface area contributed by atoms with E-state index in [0.29, 0.717) is 29.1 Å². The van der Waals surface area contributed by atoms with E-state index >= 15 is 0 Å². The summed E-state index contributed by atoms with van der Waals surface area (Å²) in [6.07, 6.45) is 1.69. The molecule has 1 atom stereocenters. The Bertz CT molecular complexity index is 586. The standard InChI is InChI=1S/C16H19FN2O/c1-4-18-15(12-8-5-7-11(2)14(12)17)16-13(20-3)9-6-10-19-16/h5-10,15,18H,4H2,1-3H3. The fourth-order valence-corrected chi connectivity index (χ4v) is 2.24. The van der Waals surface area contributed by atoms with Gasteiger partial charge in [-0.05, 0) is 31.2 Å². The van der Waals surface area contributed by atoms with Gasteiger partial charge in [-0.2, -0.15) is 0 Å². The number of aromatic nitrogens is 1. The van der Waals surface area contributed by atoms with Gasteiger partial charge in [0.1, 0.15) is 17.3 Å². The molecule has 0 aliphatic rings. The molecule has 1 heterocycles. The number of halogens is 1. The van der Waals surface area contributed by atoms with E-state index in [4.69, 9.17) is 4.74 Å². The van der Waals surface area contributed by atoms with Crippen LogP contribution in [0.3, 0.4) is 0 Å². The maximum absolute atomic E-state index is 14.4.